The van der Waals surface area contributed by atoms with E-state index in [9.17, 15) is 14.9 Å². The van der Waals surface area contributed by atoms with Gasteiger partial charge in [-0.3, -0.25) is 14.9 Å². The van der Waals surface area contributed by atoms with Crippen LogP contribution < -0.4 is 14.9 Å². The number of nitro benzene ring substituents is 1. The highest BCUT2D eigenvalue weighted by atomic mass is 35.5. The Balaban J connectivity index is 1.67. The summed E-state index contributed by atoms with van der Waals surface area (Å²) >= 11 is 5.77. The van der Waals surface area contributed by atoms with Gasteiger partial charge in [0.1, 0.15) is 11.6 Å². The minimum absolute atomic E-state index is 0.0481. The molecule has 0 fully saturated rings. The summed E-state index contributed by atoms with van der Waals surface area (Å²) in [5, 5.41) is 14.8. The second kappa shape index (κ2) is 10.9. The van der Waals surface area contributed by atoms with Crippen molar-refractivity contribution in [3.8, 4) is 11.5 Å². The number of nitro groups is 1. The Labute approximate surface area is 189 Å². The van der Waals surface area contributed by atoms with Crippen molar-refractivity contribution >= 4 is 29.4 Å². The van der Waals surface area contributed by atoms with Crippen LogP contribution in [0.4, 0.5) is 5.69 Å². The van der Waals surface area contributed by atoms with E-state index in [4.69, 9.17) is 21.1 Å². The fraction of sp³-hybridized carbons (Fsp3) is 0.130. The Kier molecular flexibility index (Phi) is 7.77. The molecule has 0 aliphatic carbocycles. The molecule has 0 spiro atoms. The van der Waals surface area contributed by atoms with Crippen LogP contribution in [0.5, 0.6) is 11.5 Å². The van der Waals surface area contributed by atoms with Crippen molar-refractivity contribution in [2.24, 2.45) is 5.10 Å². The molecule has 8 nitrogen and oxygen atoms in total. The molecular formula is C23H20ClN3O5. The fourth-order valence-corrected chi connectivity index (χ4v) is 2.94. The highest BCUT2D eigenvalue weighted by Gasteiger charge is 2.16. The Morgan fingerprint density at radius 1 is 1.09 bits per heavy atom. The lowest BCUT2D eigenvalue weighted by atomic mass is 10.2. The SMILES string of the molecule is CCOc1cc(/C=N\NC(=O)c2ccc(Cl)c([N+](=O)[O-])c2)ccc1OCc1ccccc1. The third-order valence-corrected chi connectivity index (χ3v) is 4.61. The second-order valence-electron chi connectivity index (χ2n) is 6.54. The maximum Gasteiger partial charge on any atom is 0.288 e. The minimum Gasteiger partial charge on any atom is -0.490 e. The number of hydrogen-bond acceptors (Lipinski definition) is 6. The predicted molar refractivity (Wildman–Crippen MR) is 122 cm³/mol. The number of halogens is 1. The average molecular weight is 454 g/mol. The molecule has 0 bridgehead atoms. The second-order valence-corrected chi connectivity index (χ2v) is 6.94. The van der Waals surface area contributed by atoms with Crippen LogP contribution in [0, 0.1) is 10.1 Å². The van der Waals surface area contributed by atoms with Crippen LogP contribution in [0.25, 0.3) is 0 Å². The van der Waals surface area contributed by atoms with Gasteiger partial charge in [0.25, 0.3) is 11.6 Å². The van der Waals surface area contributed by atoms with Gasteiger partial charge in [-0.1, -0.05) is 41.9 Å². The minimum atomic E-state index is -0.654. The van der Waals surface area contributed by atoms with Gasteiger partial charge in [-0.05, 0) is 48.4 Å². The molecule has 32 heavy (non-hydrogen) atoms. The van der Waals surface area contributed by atoms with Gasteiger partial charge in [0.15, 0.2) is 11.5 Å². The van der Waals surface area contributed by atoms with Gasteiger partial charge in [0.05, 0.1) is 17.7 Å². The summed E-state index contributed by atoms with van der Waals surface area (Å²) in [7, 11) is 0. The summed E-state index contributed by atoms with van der Waals surface area (Å²) in [6.45, 7) is 2.72. The smallest absolute Gasteiger partial charge is 0.288 e. The first-order valence-corrected chi connectivity index (χ1v) is 10.1. The summed E-state index contributed by atoms with van der Waals surface area (Å²) < 4.78 is 11.5. The van der Waals surface area contributed by atoms with Gasteiger partial charge in [-0.25, -0.2) is 5.43 Å². The molecule has 3 aromatic carbocycles. The van der Waals surface area contributed by atoms with Crippen LogP contribution in [0.2, 0.25) is 5.02 Å². The number of nitrogens with zero attached hydrogens (tertiary/aromatic N) is 2. The molecule has 0 radical (unpaired) electrons. The Morgan fingerprint density at radius 3 is 2.59 bits per heavy atom. The Morgan fingerprint density at radius 2 is 1.88 bits per heavy atom. The number of hydrogen-bond donors (Lipinski definition) is 1. The number of carbonyl (C=O) groups excluding carboxylic acids is 1. The Bertz CT molecular complexity index is 1140. The van der Waals surface area contributed by atoms with Crippen LogP contribution in [0.1, 0.15) is 28.4 Å². The van der Waals surface area contributed by atoms with E-state index in [1.165, 1.54) is 18.3 Å². The molecule has 0 aromatic heterocycles. The van der Waals surface area contributed by atoms with Gasteiger partial charge in [0, 0.05) is 11.6 Å². The molecule has 0 saturated heterocycles. The summed E-state index contributed by atoms with van der Waals surface area (Å²) in [6, 6.07) is 18.8. The molecule has 3 rings (SSSR count). The van der Waals surface area contributed by atoms with Crippen LogP contribution in [0.15, 0.2) is 71.8 Å². The molecule has 0 heterocycles. The molecule has 0 atom stereocenters. The van der Waals surface area contributed by atoms with Crippen molar-refractivity contribution in [3.05, 3.63) is 98.6 Å². The lowest BCUT2D eigenvalue weighted by Gasteiger charge is -2.12. The molecule has 0 aliphatic rings. The quantitative estimate of drug-likeness (QED) is 0.279. The van der Waals surface area contributed by atoms with Gasteiger partial charge < -0.3 is 9.47 Å². The zero-order valence-corrected chi connectivity index (χ0v) is 17.9. The number of rotatable bonds is 9. The van der Waals surface area contributed by atoms with E-state index < -0.39 is 10.8 Å². The number of ether oxygens (including phenoxy) is 2. The predicted octanol–water partition coefficient (Wildman–Crippen LogP) is 4.99. The average Bonchev–Trinajstić information content (AvgIpc) is 2.79. The molecule has 1 N–H and O–H groups in total. The third-order valence-electron chi connectivity index (χ3n) is 4.29. The van der Waals surface area contributed by atoms with Crippen molar-refractivity contribution in [3.63, 3.8) is 0 Å². The lowest BCUT2D eigenvalue weighted by molar-refractivity contribution is -0.384. The zero-order chi connectivity index (χ0) is 22.9. The molecule has 1 amide bonds. The normalized spacial score (nSPS) is 10.7. The zero-order valence-electron chi connectivity index (χ0n) is 17.2. The molecule has 0 saturated carbocycles. The van der Waals surface area contributed by atoms with E-state index in [0.717, 1.165) is 11.6 Å². The highest BCUT2D eigenvalue weighted by molar-refractivity contribution is 6.32. The van der Waals surface area contributed by atoms with Crippen molar-refractivity contribution in [2.75, 3.05) is 6.61 Å². The van der Waals surface area contributed by atoms with Gasteiger partial charge in [-0.2, -0.15) is 5.10 Å². The van der Waals surface area contributed by atoms with E-state index in [-0.39, 0.29) is 16.3 Å². The first kappa shape index (κ1) is 22.8. The van der Waals surface area contributed by atoms with Crippen LogP contribution in [-0.2, 0) is 6.61 Å². The number of benzene rings is 3. The molecule has 0 aliphatic heterocycles. The molecule has 164 valence electrons. The molecule has 9 heteroatoms. The Hall–Kier alpha value is -3.91. The van der Waals surface area contributed by atoms with E-state index in [2.05, 4.69) is 10.5 Å². The van der Waals surface area contributed by atoms with Gasteiger partial charge in [0.2, 0.25) is 0 Å². The first-order chi connectivity index (χ1) is 15.5. The highest BCUT2D eigenvalue weighted by Crippen LogP contribution is 2.29. The van der Waals surface area contributed by atoms with Gasteiger partial charge in [-0.15, -0.1) is 0 Å². The number of amides is 1. The van der Waals surface area contributed by atoms with Crippen molar-refractivity contribution in [1.29, 1.82) is 0 Å². The van der Waals surface area contributed by atoms with E-state index >= 15 is 0 Å². The topological polar surface area (TPSA) is 103 Å². The molecular weight excluding hydrogens is 434 g/mol. The van der Waals surface area contributed by atoms with E-state index in [1.54, 1.807) is 18.2 Å². The van der Waals surface area contributed by atoms with Crippen molar-refractivity contribution < 1.29 is 19.2 Å². The van der Waals surface area contributed by atoms with Gasteiger partial charge >= 0.3 is 0 Å². The fourth-order valence-electron chi connectivity index (χ4n) is 2.75. The summed E-state index contributed by atoms with van der Waals surface area (Å²) in [5.74, 6) is 0.534. The monoisotopic (exact) mass is 453 g/mol. The summed E-state index contributed by atoms with van der Waals surface area (Å²) in [4.78, 5) is 22.5. The summed E-state index contributed by atoms with van der Waals surface area (Å²) in [6.07, 6.45) is 1.44. The standard InChI is InChI=1S/C23H20ClN3O5/c1-2-31-22-12-17(8-11-21(22)32-15-16-6-4-3-5-7-16)14-25-26-23(28)18-9-10-19(24)20(13-18)27(29)30/h3-14H,2,15H2,1H3,(H,26,28)/b25-14-. The number of carbonyl (C=O) groups is 1. The molecule has 0 unspecified atom stereocenters. The molecule has 3 aromatic rings. The van der Waals surface area contributed by atoms with Crippen LogP contribution >= 0.6 is 11.6 Å². The maximum atomic E-state index is 12.2. The third kappa shape index (κ3) is 6.05. The lowest BCUT2D eigenvalue weighted by Crippen LogP contribution is -2.17. The summed E-state index contributed by atoms with van der Waals surface area (Å²) in [5.41, 5.74) is 3.76. The number of hydrazone groups is 1. The van der Waals surface area contributed by atoms with E-state index in [1.807, 2.05) is 37.3 Å². The first-order valence-electron chi connectivity index (χ1n) is 9.69. The van der Waals surface area contributed by atoms with Crippen LogP contribution in [0.3, 0.4) is 0 Å². The van der Waals surface area contributed by atoms with Crippen LogP contribution in [-0.4, -0.2) is 23.7 Å². The van der Waals surface area contributed by atoms with E-state index in [0.29, 0.717) is 30.3 Å². The number of nitrogens with one attached hydrogen (secondary N) is 1. The largest absolute Gasteiger partial charge is 0.490 e. The maximum absolute atomic E-state index is 12.2. The van der Waals surface area contributed by atoms with Crippen molar-refractivity contribution in [2.45, 2.75) is 13.5 Å². The van der Waals surface area contributed by atoms with Crippen molar-refractivity contribution in [1.82, 2.24) is 5.43 Å².